The van der Waals surface area contributed by atoms with Gasteiger partial charge in [-0.3, -0.25) is 0 Å². The molecule has 1 aromatic heterocycles. The molecule has 5 nitrogen and oxygen atoms in total. The second kappa shape index (κ2) is 5.38. The number of halogens is 1. The van der Waals surface area contributed by atoms with Gasteiger partial charge < -0.3 is 9.84 Å². The van der Waals surface area contributed by atoms with Gasteiger partial charge in [0.1, 0.15) is 5.82 Å². The number of hydrogen-bond donors (Lipinski definition) is 1. The third kappa shape index (κ3) is 2.90. The van der Waals surface area contributed by atoms with Gasteiger partial charge in [0.15, 0.2) is 5.82 Å². The Morgan fingerprint density at radius 3 is 2.94 bits per heavy atom. The van der Waals surface area contributed by atoms with Gasteiger partial charge in [0.2, 0.25) is 5.89 Å². The summed E-state index contributed by atoms with van der Waals surface area (Å²) in [5.41, 5.74) is 0.868. The first-order valence-corrected chi connectivity index (χ1v) is 5.37. The maximum Gasteiger partial charge on any atom is 0.240 e. The lowest BCUT2D eigenvalue weighted by molar-refractivity contribution is 0.363. The van der Waals surface area contributed by atoms with Crippen LogP contribution in [0.25, 0.3) is 0 Å². The molecule has 2 aromatic rings. The molecular formula is C12H11FN4O. The van der Waals surface area contributed by atoms with E-state index in [-0.39, 0.29) is 5.82 Å². The first kappa shape index (κ1) is 12.2. The number of rotatable bonds is 4. The second-order valence-corrected chi connectivity index (χ2v) is 3.76. The Morgan fingerprint density at radius 2 is 2.28 bits per heavy atom. The van der Waals surface area contributed by atoms with Crippen LogP contribution in [0.2, 0.25) is 0 Å². The third-order valence-electron chi connectivity index (χ3n) is 2.34. The number of aromatic nitrogens is 2. The minimum atomic E-state index is -0.344. The maximum atomic E-state index is 13.4. The summed E-state index contributed by atoms with van der Waals surface area (Å²) in [6.07, 6.45) is 0. The maximum absolute atomic E-state index is 13.4. The van der Waals surface area contributed by atoms with Crippen LogP contribution in [-0.4, -0.2) is 10.1 Å². The molecule has 0 amide bonds. The molecule has 0 fully saturated rings. The van der Waals surface area contributed by atoms with E-state index in [4.69, 9.17) is 9.78 Å². The van der Waals surface area contributed by atoms with Crippen molar-refractivity contribution in [2.24, 2.45) is 0 Å². The highest BCUT2D eigenvalue weighted by molar-refractivity contribution is 5.33. The monoisotopic (exact) mass is 246 g/mol. The molecule has 0 aliphatic rings. The summed E-state index contributed by atoms with van der Waals surface area (Å²) in [5, 5.41) is 15.4. The molecule has 1 aromatic carbocycles. The first-order valence-electron chi connectivity index (χ1n) is 5.37. The van der Waals surface area contributed by atoms with Crippen LogP contribution >= 0.6 is 0 Å². The topological polar surface area (TPSA) is 74.7 Å². The van der Waals surface area contributed by atoms with E-state index in [1.165, 1.54) is 18.2 Å². The molecule has 0 spiro atoms. The molecule has 0 bridgehead atoms. The summed E-state index contributed by atoms with van der Waals surface area (Å²) in [6.45, 7) is 2.38. The van der Waals surface area contributed by atoms with Gasteiger partial charge in [-0.1, -0.05) is 5.16 Å². The van der Waals surface area contributed by atoms with Crippen molar-refractivity contribution in [1.82, 2.24) is 15.5 Å². The Balaban J connectivity index is 1.96. The zero-order valence-electron chi connectivity index (χ0n) is 9.77. The van der Waals surface area contributed by atoms with Crippen LogP contribution in [-0.2, 0) is 13.1 Å². The van der Waals surface area contributed by atoms with Gasteiger partial charge in [-0.25, -0.2) is 4.39 Å². The van der Waals surface area contributed by atoms with Crippen molar-refractivity contribution in [3.63, 3.8) is 0 Å². The molecule has 1 N–H and O–H groups in total. The predicted octanol–water partition coefficient (Wildman–Crippen LogP) is 1.68. The lowest BCUT2D eigenvalue weighted by Crippen LogP contribution is -2.14. The normalized spacial score (nSPS) is 10.3. The number of benzene rings is 1. The molecule has 0 unspecified atom stereocenters. The minimum Gasteiger partial charge on any atom is -0.338 e. The van der Waals surface area contributed by atoms with Crippen LogP contribution < -0.4 is 5.32 Å². The van der Waals surface area contributed by atoms with E-state index < -0.39 is 0 Å². The van der Waals surface area contributed by atoms with Gasteiger partial charge in [-0.2, -0.15) is 10.2 Å². The lowest BCUT2D eigenvalue weighted by atomic mass is 10.1. The third-order valence-corrected chi connectivity index (χ3v) is 2.34. The van der Waals surface area contributed by atoms with Crippen LogP contribution in [0, 0.1) is 24.1 Å². The molecule has 1 heterocycles. The Kier molecular flexibility index (Phi) is 3.65. The molecular weight excluding hydrogens is 235 g/mol. The fourth-order valence-corrected chi connectivity index (χ4v) is 1.50. The zero-order chi connectivity index (χ0) is 13.0. The molecule has 0 atom stereocenters. The smallest absolute Gasteiger partial charge is 0.240 e. The van der Waals surface area contributed by atoms with E-state index in [1.54, 1.807) is 6.92 Å². The summed E-state index contributed by atoms with van der Waals surface area (Å²) in [5.74, 6) is 0.664. The fraction of sp³-hybridized carbons (Fsp3) is 0.250. The molecule has 0 saturated heterocycles. The summed E-state index contributed by atoms with van der Waals surface area (Å²) in [6, 6.07) is 6.21. The highest BCUT2D eigenvalue weighted by Gasteiger charge is 2.05. The number of aryl methyl sites for hydroxylation is 1. The summed E-state index contributed by atoms with van der Waals surface area (Å²) >= 11 is 0. The van der Waals surface area contributed by atoms with Crippen LogP contribution in [0.1, 0.15) is 22.8 Å². The number of hydrogen-bond acceptors (Lipinski definition) is 5. The molecule has 0 saturated carbocycles. The highest BCUT2D eigenvalue weighted by Crippen LogP contribution is 2.10. The Morgan fingerprint density at radius 1 is 1.44 bits per heavy atom. The summed E-state index contributed by atoms with van der Waals surface area (Å²) < 4.78 is 18.3. The van der Waals surface area contributed by atoms with Crippen molar-refractivity contribution < 1.29 is 8.91 Å². The van der Waals surface area contributed by atoms with Crippen LogP contribution in [0.3, 0.4) is 0 Å². The van der Waals surface area contributed by atoms with E-state index in [0.717, 1.165) is 0 Å². The molecule has 92 valence electrons. The van der Waals surface area contributed by atoms with Crippen LogP contribution in [0.5, 0.6) is 0 Å². The van der Waals surface area contributed by atoms with E-state index in [2.05, 4.69) is 15.5 Å². The fourth-order valence-electron chi connectivity index (χ4n) is 1.50. The quantitative estimate of drug-likeness (QED) is 0.888. The average molecular weight is 246 g/mol. The Bertz CT molecular complexity index is 588. The number of nitrogens with zero attached hydrogens (tertiary/aromatic N) is 3. The van der Waals surface area contributed by atoms with Crippen LogP contribution in [0.4, 0.5) is 4.39 Å². The van der Waals surface area contributed by atoms with Gasteiger partial charge in [0.05, 0.1) is 18.2 Å². The van der Waals surface area contributed by atoms with Gasteiger partial charge in [0.25, 0.3) is 0 Å². The van der Waals surface area contributed by atoms with Crippen molar-refractivity contribution in [3.8, 4) is 6.07 Å². The Labute approximate surface area is 103 Å². The lowest BCUT2D eigenvalue weighted by Gasteiger charge is -2.04. The summed E-state index contributed by atoms with van der Waals surface area (Å²) in [7, 11) is 0. The number of nitriles is 1. The molecule has 0 aliphatic carbocycles. The zero-order valence-corrected chi connectivity index (χ0v) is 9.77. The van der Waals surface area contributed by atoms with E-state index in [9.17, 15) is 4.39 Å². The Hall–Kier alpha value is -2.26. The van der Waals surface area contributed by atoms with Crippen molar-refractivity contribution in [2.75, 3.05) is 0 Å². The molecule has 18 heavy (non-hydrogen) atoms. The van der Waals surface area contributed by atoms with E-state index >= 15 is 0 Å². The average Bonchev–Trinajstić information content (AvgIpc) is 2.77. The first-order chi connectivity index (χ1) is 8.69. The van der Waals surface area contributed by atoms with Crippen LogP contribution in [0.15, 0.2) is 22.7 Å². The SMILES string of the molecule is Cc1noc(CNCc2cc(C#N)ccc2F)n1. The van der Waals surface area contributed by atoms with Gasteiger partial charge >= 0.3 is 0 Å². The molecule has 0 radical (unpaired) electrons. The molecule has 2 rings (SSSR count). The predicted molar refractivity (Wildman–Crippen MR) is 60.7 cm³/mol. The van der Waals surface area contributed by atoms with E-state index in [1.807, 2.05) is 6.07 Å². The van der Waals surface area contributed by atoms with Gasteiger partial charge in [-0.05, 0) is 25.1 Å². The molecule has 0 aliphatic heterocycles. The highest BCUT2D eigenvalue weighted by atomic mass is 19.1. The summed E-state index contributed by atoms with van der Waals surface area (Å²) in [4.78, 5) is 4.01. The largest absolute Gasteiger partial charge is 0.338 e. The minimum absolute atomic E-state index is 0.294. The standard InChI is InChI=1S/C12H11FN4O/c1-8-16-12(18-17-8)7-15-6-10-4-9(5-14)2-3-11(10)13/h2-4,15H,6-7H2,1H3. The number of nitrogens with one attached hydrogen (secondary N) is 1. The second-order valence-electron chi connectivity index (χ2n) is 3.76. The van der Waals surface area contributed by atoms with Crippen molar-refractivity contribution in [2.45, 2.75) is 20.0 Å². The van der Waals surface area contributed by atoms with Crippen molar-refractivity contribution >= 4 is 0 Å². The molecule has 6 heteroatoms. The van der Waals surface area contributed by atoms with E-state index in [0.29, 0.717) is 35.9 Å². The van der Waals surface area contributed by atoms with Crippen molar-refractivity contribution in [3.05, 3.63) is 46.9 Å². The van der Waals surface area contributed by atoms with Gasteiger partial charge in [0, 0.05) is 12.1 Å². The van der Waals surface area contributed by atoms with Crippen molar-refractivity contribution in [1.29, 1.82) is 5.26 Å². The van der Waals surface area contributed by atoms with Gasteiger partial charge in [-0.15, -0.1) is 0 Å².